The zero-order valence-corrected chi connectivity index (χ0v) is 14.4. The van der Waals surface area contributed by atoms with Crippen LogP contribution in [0.4, 0.5) is 0 Å². The number of hydrogen-bond donors (Lipinski definition) is 0. The molecule has 1 aromatic rings. The Hall–Kier alpha value is -0.150. The molecule has 20 heavy (non-hydrogen) atoms. The molecule has 0 spiro atoms. The first-order valence-electron chi connectivity index (χ1n) is 7.88. The summed E-state index contributed by atoms with van der Waals surface area (Å²) in [7, 11) is 0. The average molecular weight is 358 g/mol. The van der Waals surface area contributed by atoms with Gasteiger partial charge in [-0.2, -0.15) is 0 Å². The van der Waals surface area contributed by atoms with E-state index in [1.807, 2.05) is 0 Å². The zero-order chi connectivity index (χ0) is 14.1. The summed E-state index contributed by atoms with van der Waals surface area (Å²) in [6, 6.07) is 0. The Morgan fingerprint density at radius 3 is 2.25 bits per heavy atom. The van der Waals surface area contributed by atoms with E-state index in [1.165, 1.54) is 51.4 Å². The van der Waals surface area contributed by atoms with Crippen molar-refractivity contribution in [2.45, 2.75) is 70.1 Å². The Bertz CT molecular complexity index is 478. The third kappa shape index (κ3) is 3.04. The lowest BCUT2D eigenvalue weighted by molar-refractivity contribution is 0.339. The van der Waals surface area contributed by atoms with Gasteiger partial charge in [-0.1, -0.05) is 44.2 Å². The maximum absolute atomic E-state index is 6.35. The molecular weight excluding hydrogens is 336 g/mol. The minimum Gasteiger partial charge on any atom is -0.236 e. The van der Waals surface area contributed by atoms with Gasteiger partial charge in [-0.3, -0.25) is 0 Å². The smallest absolute Gasteiger partial charge is 0.147 e. The Morgan fingerprint density at radius 2 is 1.60 bits per heavy atom. The third-order valence-electron chi connectivity index (χ3n) is 4.98. The van der Waals surface area contributed by atoms with Crippen molar-refractivity contribution in [3.63, 3.8) is 0 Å². The Labute approximate surface area is 134 Å². The number of nitrogens with zero attached hydrogens (tertiary/aromatic N) is 2. The summed E-state index contributed by atoms with van der Waals surface area (Å²) >= 11 is 9.95. The highest BCUT2D eigenvalue weighted by Crippen LogP contribution is 2.41. The highest BCUT2D eigenvalue weighted by Gasteiger charge is 2.27. The first-order chi connectivity index (χ1) is 9.65. The maximum Gasteiger partial charge on any atom is 0.147 e. The Morgan fingerprint density at radius 1 is 0.950 bits per heavy atom. The predicted octanol–water partition coefficient (Wildman–Crippen LogP) is 5.84. The highest BCUT2D eigenvalue weighted by atomic mass is 79.9. The van der Waals surface area contributed by atoms with Gasteiger partial charge in [0.15, 0.2) is 0 Å². The number of hydrogen-bond acceptors (Lipinski definition) is 2. The summed E-state index contributed by atoms with van der Waals surface area (Å²) in [5, 5.41) is 0.607. The van der Waals surface area contributed by atoms with Gasteiger partial charge in [-0.25, -0.2) is 9.97 Å². The van der Waals surface area contributed by atoms with Gasteiger partial charge < -0.3 is 0 Å². The molecule has 2 aliphatic carbocycles. The van der Waals surface area contributed by atoms with Crippen molar-refractivity contribution in [3.05, 3.63) is 21.1 Å². The van der Waals surface area contributed by atoms with E-state index in [4.69, 9.17) is 16.6 Å². The fraction of sp³-hybridized carbons (Fsp3) is 0.750. The second kappa shape index (κ2) is 6.31. The van der Waals surface area contributed by atoms with E-state index in [2.05, 4.69) is 27.8 Å². The van der Waals surface area contributed by atoms with Gasteiger partial charge in [0.05, 0.1) is 10.2 Å². The fourth-order valence-corrected chi connectivity index (χ4v) is 4.31. The molecule has 1 aromatic heterocycles. The Kier molecular flexibility index (Phi) is 4.66. The molecule has 1 heterocycles. The monoisotopic (exact) mass is 356 g/mol. The summed E-state index contributed by atoms with van der Waals surface area (Å²) in [6.45, 7) is 2.34. The molecule has 2 aliphatic rings. The second-order valence-electron chi connectivity index (χ2n) is 6.51. The molecule has 3 rings (SSSR count). The van der Waals surface area contributed by atoms with Crippen LogP contribution in [0.15, 0.2) is 4.47 Å². The predicted molar refractivity (Wildman–Crippen MR) is 86.3 cm³/mol. The molecule has 0 saturated heterocycles. The topological polar surface area (TPSA) is 25.8 Å². The highest BCUT2D eigenvalue weighted by molar-refractivity contribution is 9.10. The molecule has 0 amide bonds. The normalized spacial score (nSPS) is 27.9. The van der Waals surface area contributed by atoms with Gasteiger partial charge in [0.1, 0.15) is 11.0 Å². The molecule has 0 radical (unpaired) electrons. The summed E-state index contributed by atoms with van der Waals surface area (Å²) in [4.78, 5) is 9.48. The van der Waals surface area contributed by atoms with Crippen molar-refractivity contribution in [3.8, 4) is 0 Å². The molecule has 2 nitrogen and oxygen atoms in total. The minimum absolute atomic E-state index is 0.511. The standard InChI is InChI=1S/C16H22BrClN2/c1-10-6-8-12(9-7-10)16-19-14(11-4-2-3-5-11)13(17)15(18)20-16/h10-12H,2-9H2,1H3. The molecule has 0 atom stereocenters. The summed E-state index contributed by atoms with van der Waals surface area (Å²) in [6.07, 6.45) is 10.1. The van der Waals surface area contributed by atoms with Crippen LogP contribution >= 0.6 is 27.5 Å². The van der Waals surface area contributed by atoms with Gasteiger partial charge in [0.2, 0.25) is 0 Å². The molecule has 110 valence electrons. The lowest BCUT2D eigenvalue weighted by Crippen LogP contribution is -2.15. The van der Waals surface area contributed by atoms with E-state index in [0.29, 0.717) is 17.0 Å². The lowest BCUT2D eigenvalue weighted by Gasteiger charge is -2.26. The largest absolute Gasteiger partial charge is 0.236 e. The minimum atomic E-state index is 0.511. The quantitative estimate of drug-likeness (QED) is 0.621. The molecule has 0 N–H and O–H groups in total. The summed E-state index contributed by atoms with van der Waals surface area (Å²) in [5.41, 5.74) is 1.16. The van der Waals surface area contributed by atoms with Crippen LogP contribution < -0.4 is 0 Å². The second-order valence-corrected chi connectivity index (χ2v) is 7.66. The van der Waals surface area contributed by atoms with Crippen molar-refractivity contribution in [2.75, 3.05) is 0 Å². The van der Waals surface area contributed by atoms with Crippen molar-refractivity contribution >= 4 is 27.5 Å². The molecule has 4 heteroatoms. The van der Waals surface area contributed by atoms with Gasteiger partial charge in [-0.05, 0) is 47.5 Å². The fourth-order valence-electron chi connectivity index (χ4n) is 3.62. The SMILES string of the molecule is CC1CCC(c2nc(Cl)c(Br)c(C3CCCC3)n2)CC1. The van der Waals surface area contributed by atoms with Crippen LogP contribution in [0.25, 0.3) is 0 Å². The van der Waals surface area contributed by atoms with Gasteiger partial charge in [0.25, 0.3) is 0 Å². The van der Waals surface area contributed by atoms with Crippen LogP contribution in [0.1, 0.15) is 81.6 Å². The van der Waals surface area contributed by atoms with E-state index in [9.17, 15) is 0 Å². The zero-order valence-electron chi connectivity index (χ0n) is 12.0. The molecule has 2 saturated carbocycles. The van der Waals surface area contributed by atoms with Gasteiger partial charge in [-0.15, -0.1) is 0 Å². The summed E-state index contributed by atoms with van der Waals surface area (Å²) < 4.78 is 0.930. The van der Waals surface area contributed by atoms with Crippen molar-refractivity contribution in [2.24, 2.45) is 5.92 Å². The van der Waals surface area contributed by atoms with Crippen LogP contribution in [0, 0.1) is 5.92 Å². The Balaban J connectivity index is 1.87. The summed E-state index contributed by atoms with van der Waals surface area (Å²) in [5.74, 6) is 2.93. The van der Waals surface area contributed by atoms with Crippen molar-refractivity contribution in [1.29, 1.82) is 0 Å². The molecule has 0 bridgehead atoms. The molecule has 2 fully saturated rings. The molecular formula is C16H22BrClN2. The average Bonchev–Trinajstić information content (AvgIpc) is 2.96. The maximum atomic E-state index is 6.35. The first kappa shape index (κ1) is 14.8. The number of rotatable bonds is 2. The van der Waals surface area contributed by atoms with E-state index in [0.717, 1.165) is 21.9 Å². The lowest BCUT2D eigenvalue weighted by atomic mass is 9.82. The van der Waals surface area contributed by atoms with E-state index >= 15 is 0 Å². The third-order valence-corrected chi connectivity index (χ3v) is 6.26. The van der Waals surface area contributed by atoms with Crippen LogP contribution in [-0.2, 0) is 0 Å². The van der Waals surface area contributed by atoms with Gasteiger partial charge >= 0.3 is 0 Å². The van der Waals surface area contributed by atoms with Crippen LogP contribution in [0.3, 0.4) is 0 Å². The van der Waals surface area contributed by atoms with Crippen LogP contribution in [0.5, 0.6) is 0 Å². The molecule has 0 aliphatic heterocycles. The van der Waals surface area contributed by atoms with Crippen molar-refractivity contribution in [1.82, 2.24) is 9.97 Å². The van der Waals surface area contributed by atoms with Crippen molar-refractivity contribution < 1.29 is 0 Å². The van der Waals surface area contributed by atoms with Crippen LogP contribution in [0.2, 0.25) is 5.15 Å². The number of aromatic nitrogens is 2. The molecule has 0 unspecified atom stereocenters. The van der Waals surface area contributed by atoms with E-state index < -0.39 is 0 Å². The number of halogens is 2. The van der Waals surface area contributed by atoms with E-state index in [1.54, 1.807) is 0 Å². The van der Waals surface area contributed by atoms with E-state index in [-0.39, 0.29) is 0 Å². The van der Waals surface area contributed by atoms with Gasteiger partial charge in [0, 0.05) is 11.8 Å². The first-order valence-corrected chi connectivity index (χ1v) is 9.05. The molecule has 0 aromatic carbocycles. The van der Waals surface area contributed by atoms with Crippen LogP contribution in [-0.4, -0.2) is 9.97 Å².